The highest BCUT2D eigenvalue weighted by molar-refractivity contribution is 7.12. The molecule has 0 aliphatic rings. The lowest BCUT2D eigenvalue weighted by Crippen LogP contribution is -2.08. The minimum atomic E-state index is -0.276. The van der Waals surface area contributed by atoms with Gasteiger partial charge in [-0.1, -0.05) is 18.2 Å². The number of thiophene rings is 1. The SMILES string of the molecule is Cc1cc(C(C#N)Nc2ccccc2)c(C)s1. The van der Waals surface area contributed by atoms with E-state index in [-0.39, 0.29) is 6.04 Å². The van der Waals surface area contributed by atoms with E-state index in [0.29, 0.717) is 0 Å². The number of nitrogens with one attached hydrogen (secondary N) is 1. The van der Waals surface area contributed by atoms with Gasteiger partial charge in [0, 0.05) is 21.0 Å². The number of nitrogens with zero attached hydrogens (tertiary/aromatic N) is 1. The Morgan fingerprint density at radius 1 is 1.24 bits per heavy atom. The first-order valence-corrected chi connectivity index (χ1v) is 6.30. The molecule has 2 aromatic rings. The van der Waals surface area contributed by atoms with Crippen LogP contribution in [0.4, 0.5) is 5.69 Å². The topological polar surface area (TPSA) is 35.8 Å². The molecule has 1 heterocycles. The van der Waals surface area contributed by atoms with Crippen molar-refractivity contribution in [2.45, 2.75) is 19.9 Å². The van der Waals surface area contributed by atoms with Crippen LogP contribution in [0.15, 0.2) is 36.4 Å². The quantitative estimate of drug-likeness (QED) is 0.881. The average Bonchev–Trinajstić information content (AvgIpc) is 2.67. The zero-order valence-corrected chi connectivity index (χ0v) is 10.7. The summed E-state index contributed by atoms with van der Waals surface area (Å²) in [5.74, 6) is 0. The fourth-order valence-electron chi connectivity index (χ4n) is 1.82. The molecule has 1 atom stereocenters. The van der Waals surface area contributed by atoms with E-state index in [1.807, 2.05) is 30.3 Å². The predicted molar refractivity (Wildman–Crippen MR) is 72.2 cm³/mol. The van der Waals surface area contributed by atoms with Gasteiger partial charge in [-0.05, 0) is 32.0 Å². The maximum atomic E-state index is 9.27. The van der Waals surface area contributed by atoms with Crippen molar-refractivity contribution in [3.05, 3.63) is 51.7 Å². The molecular weight excluding hydrogens is 228 g/mol. The molecule has 0 saturated heterocycles. The van der Waals surface area contributed by atoms with Crippen molar-refractivity contribution in [2.75, 3.05) is 5.32 Å². The van der Waals surface area contributed by atoms with Gasteiger partial charge in [0.05, 0.1) is 6.07 Å². The van der Waals surface area contributed by atoms with Crippen LogP contribution in [0.5, 0.6) is 0 Å². The van der Waals surface area contributed by atoms with Crippen LogP contribution in [-0.4, -0.2) is 0 Å². The van der Waals surface area contributed by atoms with Crippen molar-refractivity contribution in [1.82, 2.24) is 0 Å². The number of aryl methyl sites for hydroxylation is 2. The second kappa shape index (κ2) is 5.03. The van der Waals surface area contributed by atoms with Crippen molar-refractivity contribution in [1.29, 1.82) is 5.26 Å². The molecule has 1 N–H and O–H groups in total. The third-order valence-corrected chi connectivity index (χ3v) is 3.59. The molecule has 1 aromatic heterocycles. The highest BCUT2D eigenvalue weighted by Gasteiger charge is 2.14. The first kappa shape index (κ1) is 11.7. The molecule has 0 spiro atoms. The molecule has 0 fully saturated rings. The van der Waals surface area contributed by atoms with E-state index < -0.39 is 0 Å². The van der Waals surface area contributed by atoms with Crippen molar-refractivity contribution in [3.8, 4) is 6.07 Å². The van der Waals surface area contributed by atoms with Crippen molar-refractivity contribution in [2.24, 2.45) is 0 Å². The highest BCUT2D eigenvalue weighted by atomic mass is 32.1. The van der Waals surface area contributed by atoms with Crippen molar-refractivity contribution in [3.63, 3.8) is 0 Å². The van der Waals surface area contributed by atoms with Gasteiger partial charge in [0.2, 0.25) is 0 Å². The van der Waals surface area contributed by atoms with Crippen LogP contribution in [0.2, 0.25) is 0 Å². The second-order valence-corrected chi connectivity index (χ2v) is 5.40. The van der Waals surface area contributed by atoms with Crippen molar-refractivity contribution >= 4 is 17.0 Å². The van der Waals surface area contributed by atoms with Crippen LogP contribution in [-0.2, 0) is 0 Å². The van der Waals surface area contributed by atoms with E-state index in [2.05, 4.69) is 31.3 Å². The number of benzene rings is 1. The van der Waals surface area contributed by atoms with E-state index in [9.17, 15) is 5.26 Å². The fourth-order valence-corrected chi connectivity index (χ4v) is 2.78. The molecule has 86 valence electrons. The van der Waals surface area contributed by atoms with Gasteiger partial charge in [-0.3, -0.25) is 0 Å². The van der Waals surface area contributed by atoms with Gasteiger partial charge in [0.15, 0.2) is 0 Å². The molecule has 0 saturated carbocycles. The van der Waals surface area contributed by atoms with Crippen LogP contribution in [0, 0.1) is 25.2 Å². The number of para-hydroxylation sites is 1. The molecule has 0 aliphatic heterocycles. The molecular formula is C14H14N2S. The lowest BCUT2D eigenvalue weighted by Gasteiger charge is -2.12. The molecule has 0 aliphatic carbocycles. The minimum Gasteiger partial charge on any atom is -0.366 e. The Morgan fingerprint density at radius 3 is 2.47 bits per heavy atom. The molecule has 0 radical (unpaired) electrons. The van der Waals surface area contributed by atoms with E-state index in [0.717, 1.165) is 11.3 Å². The number of anilines is 1. The zero-order valence-electron chi connectivity index (χ0n) is 9.90. The summed E-state index contributed by atoms with van der Waals surface area (Å²) in [6.07, 6.45) is 0. The van der Waals surface area contributed by atoms with Gasteiger partial charge in [-0.25, -0.2) is 0 Å². The summed E-state index contributed by atoms with van der Waals surface area (Å²) < 4.78 is 0. The summed E-state index contributed by atoms with van der Waals surface area (Å²) in [4.78, 5) is 2.45. The van der Waals surface area contributed by atoms with Gasteiger partial charge in [0.1, 0.15) is 6.04 Å². The van der Waals surface area contributed by atoms with Crippen molar-refractivity contribution < 1.29 is 0 Å². The maximum Gasteiger partial charge on any atom is 0.141 e. The predicted octanol–water partition coefficient (Wildman–Crippen LogP) is 4.04. The van der Waals surface area contributed by atoms with Gasteiger partial charge in [-0.2, -0.15) is 5.26 Å². The summed E-state index contributed by atoms with van der Waals surface area (Å²) in [5, 5.41) is 12.5. The normalized spacial score (nSPS) is 11.8. The molecule has 1 unspecified atom stereocenters. The lowest BCUT2D eigenvalue weighted by molar-refractivity contribution is 0.993. The maximum absolute atomic E-state index is 9.27. The summed E-state index contributed by atoms with van der Waals surface area (Å²) in [7, 11) is 0. The number of hydrogen-bond acceptors (Lipinski definition) is 3. The average molecular weight is 242 g/mol. The molecule has 2 nitrogen and oxygen atoms in total. The monoisotopic (exact) mass is 242 g/mol. The van der Waals surface area contributed by atoms with Crippen LogP contribution in [0.25, 0.3) is 0 Å². The Bertz CT molecular complexity index is 537. The minimum absolute atomic E-state index is 0.276. The smallest absolute Gasteiger partial charge is 0.141 e. The standard InChI is InChI=1S/C14H14N2S/c1-10-8-13(11(2)17-10)14(9-15)16-12-6-4-3-5-7-12/h3-8,14,16H,1-2H3. The lowest BCUT2D eigenvalue weighted by atomic mass is 10.1. The summed E-state index contributed by atoms with van der Waals surface area (Å²) in [6.45, 7) is 4.13. The first-order chi connectivity index (χ1) is 8.20. The van der Waals surface area contributed by atoms with Gasteiger partial charge in [-0.15, -0.1) is 11.3 Å². The summed E-state index contributed by atoms with van der Waals surface area (Å²) >= 11 is 1.73. The van der Waals surface area contributed by atoms with E-state index in [4.69, 9.17) is 0 Å². The number of nitriles is 1. The molecule has 0 bridgehead atoms. The Kier molecular flexibility index (Phi) is 3.46. The van der Waals surface area contributed by atoms with E-state index in [1.165, 1.54) is 9.75 Å². The summed E-state index contributed by atoms with van der Waals surface area (Å²) in [5.41, 5.74) is 2.06. The molecule has 0 amide bonds. The highest BCUT2D eigenvalue weighted by Crippen LogP contribution is 2.28. The van der Waals surface area contributed by atoms with Crippen LogP contribution >= 0.6 is 11.3 Å². The number of hydrogen-bond donors (Lipinski definition) is 1. The third-order valence-electron chi connectivity index (χ3n) is 2.60. The van der Waals surface area contributed by atoms with Crippen LogP contribution < -0.4 is 5.32 Å². The van der Waals surface area contributed by atoms with E-state index in [1.54, 1.807) is 11.3 Å². The second-order valence-electron chi connectivity index (χ2n) is 3.94. The fraction of sp³-hybridized carbons (Fsp3) is 0.214. The van der Waals surface area contributed by atoms with Gasteiger partial charge < -0.3 is 5.32 Å². The Labute approximate surface area is 106 Å². The molecule has 17 heavy (non-hydrogen) atoms. The Hall–Kier alpha value is -1.79. The first-order valence-electron chi connectivity index (χ1n) is 5.49. The zero-order chi connectivity index (χ0) is 12.3. The Balaban J connectivity index is 2.24. The largest absolute Gasteiger partial charge is 0.366 e. The van der Waals surface area contributed by atoms with Gasteiger partial charge in [0.25, 0.3) is 0 Å². The van der Waals surface area contributed by atoms with Gasteiger partial charge >= 0.3 is 0 Å². The molecule has 1 aromatic carbocycles. The van der Waals surface area contributed by atoms with Crippen LogP contribution in [0.3, 0.4) is 0 Å². The van der Waals surface area contributed by atoms with Crippen LogP contribution in [0.1, 0.15) is 21.4 Å². The Morgan fingerprint density at radius 2 is 1.94 bits per heavy atom. The van der Waals surface area contributed by atoms with E-state index >= 15 is 0 Å². The third kappa shape index (κ3) is 2.66. The molecule has 3 heteroatoms. The molecule has 2 rings (SSSR count). The summed E-state index contributed by atoms with van der Waals surface area (Å²) in [6, 6.07) is 14.0. The number of rotatable bonds is 3.